The zero-order valence-corrected chi connectivity index (χ0v) is 8.98. The van der Waals surface area contributed by atoms with Gasteiger partial charge < -0.3 is 0 Å². The Morgan fingerprint density at radius 3 is 2.47 bits per heavy atom. The standard InChI is InChI=1S/C12H9F4N/c1-2-8-6-10(12(14,15)16)9-5-7(13)3-4-11(9)17-8/h3-6H,2H2,1H3. The SMILES string of the molecule is CCc1cc(C(F)(F)F)c2cc(F)ccc2n1. The van der Waals surface area contributed by atoms with E-state index >= 15 is 0 Å². The van der Waals surface area contributed by atoms with Crippen LogP contribution in [0.25, 0.3) is 10.9 Å². The Bertz CT molecular complexity index is 560. The highest BCUT2D eigenvalue weighted by atomic mass is 19.4. The molecule has 0 atom stereocenters. The molecule has 0 saturated carbocycles. The highest BCUT2D eigenvalue weighted by Gasteiger charge is 2.33. The van der Waals surface area contributed by atoms with Gasteiger partial charge >= 0.3 is 6.18 Å². The highest BCUT2D eigenvalue weighted by molar-refractivity contribution is 5.83. The van der Waals surface area contributed by atoms with Gasteiger partial charge in [0.2, 0.25) is 0 Å². The van der Waals surface area contributed by atoms with Gasteiger partial charge in [0.05, 0.1) is 11.1 Å². The van der Waals surface area contributed by atoms with E-state index in [1.54, 1.807) is 6.92 Å². The third-order valence-corrected chi connectivity index (χ3v) is 2.49. The fourth-order valence-electron chi connectivity index (χ4n) is 1.67. The molecule has 90 valence electrons. The van der Waals surface area contributed by atoms with Gasteiger partial charge in [0.1, 0.15) is 5.82 Å². The summed E-state index contributed by atoms with van der Waals surface area (Å²) in [6.07, 6.45) is -4.10. The van der Waals surface area contributed by atoms with Gasteiger partial charge in [-0.05, 0) is 30.7 Å². The Morgan fingerprint density at radius 2 is 1.88 bits per heavy atom. The molecule has 0 amide bonds. The average molecular weight is 243 g/mol. The largest absolute Gasteiger partial charge is 0.417 e. The highest BCUT2D eigenvalue weighted by Crippen LogP contribution is 2.35. The van der Waals surface area contributed by atoms with Gasteiger partial charge in [-0.3, -0.25) is 4.98 Å². The second-order valence-electron chi connectivity index (χ2n) is 3.67. The number of rotatable bonds is 1. The minimum Gasteiger partial charge on any atom is -0.253 e. The fourth-order valence-corrected chi connectivity index (χ4v) is 1.67. The smallest absolute Gasteiger partial charge is 0.253 e. The molecule has 0 aliphatic rings. The third kappa shape index (κ3) is 2.23. The zero-order valence-electron chi connectivity index (χ0n) is 8.98. The lowest BCUT2D eigenvalue weighted by molar-refractivity contribution is -0.136. The lowest BCUT2D eigenvalue weighted by Gasteiger charge is -2.11. The molecule has 1 nitrogen and oxygen atoms in total. The summed E-state index contributed by atoms with van der Waals surface area (Å²) < 4.78 is 51.4. The fraction of sp³-hybridized carbons (Fsp3) is 0.250. The maximum atomic E-state index is 13.0. The molecule has 0 radical (unpaired) electrons. The summed E-state index contributed by atoms with van der Waals surface area (Å²) in [6, 6.07) is 4.21. The minimum atomic E-state index is -4.50. The second kappa shape index (κ2) is 3.98. The topological polar surface area (TPSA) is 12.9 Å². The summed E-state index contributed by atoms with van der Waals surface area (Å²) in [7, 11) is 0. The first kappa shape index (κ1) is 11.8. The summed E-state index contributed by atoms with van der Waals surface area (Å²) in [5, 5.41) is -0.199. The Morgan fingerprint density at radius 1 is 1.18 bits per heavy atom. The van der Waals surface area contributed by atoms with Crippen LogP contribution in [-0.4, -0.2) is 4.98 Å². The van der Waals surface area contributed by atoms with Gasteiger partial charge in [-0.15, -0.1) is 0 Å². The van der Waals surface area contributed by atoms with Gasteiger partial charge in [-0.25, -0.2) is 4.39 Å². The first-order valence-electron chi connectivity index (χ1n) is 5.08. The molecule has 0 bridgehead atoms. The number of benzene rings is 1. The van der Waals surface area contributed by atoms with Crippen LogP contribution < -0.4 is 0 Å². The van der Waals surface area contributed by atoms with Gasteiger partial charge in [0, 0.05) is 11.1 Å². The van der Waals surface area contributed by atoms with Crippen LogP contribution in [0, 0.1) is 5.82 Å². The van der Waals surface area contributed by atoms with Crippen LogP contribution in [0.2, 0.25) is 0 Å². The van der Waals surface area contributed by atoms with E-state index in [9.17, 15) is 17.6 Å². The molecule has 0 aliphatic heterocycles. The van der Waals surface area contributed by atoms with E-state index in [4.69, 9.17) is 0 Å². The van der Waals surface area contributed by atoms with Crippen LogP contribution in [0.5, 0.6) is 0 Å². The van der Waals surface area contributed by atoms with Crippen molar-refractivity contribution >= 4 is 10.9 Å². The van der Waals surface area contributed by atoms with E-state index in [1.165, 1.54) is 6.07 Å². The van der Waals surface area contributed by atoms with Gasteiger partial charge in [-0.2, -0.15) is 13.2 Å². The minimum absolute atomic E-state index is 0.165. The van der Waals surface area contributed by atoms with Gasteiger partial charge in [-0.1, -0.05) is 6.92 Å². The van der Waals surface area contributed by atoms with Crippen LogP contribution in [0.3, 0.4) is 0 Å². The Hall–Kier alpha value is -1.65. The number of halogens is 4. The molecule has 17 heavy (non-hydrogen) atoms. The summed E-state index contributed by atoms with van der Waals surface area (Å²) in [5.74, 6) is -0.700. The second-order valence-corrected chi connectivity index (χ2v) is 3.67. The van der Waals surface area contributed by atoms with Crippen molar-refractivity contribution in [2.75, 3.05) is 0 Å². The van der Waals surface area contributed by atoms with Crippen LogP contribution in [0.4, 0.5) is 17.6 Å². The molecule has 0 N–H and O–H groups in total. The Labute approximate surface area is 95.1 Å². The number of nitrogens with zero attached hydrogens (tertiary/aromatic N) is 1. The molecule has 2 aromatic rings. The number of pyridine rings is 1. The van der Waals surface area contributed by atoms with E-state index in [0.29, 0.717) is 12.1 Å². The molecular weight excluding hydrogens is 234 g/mol. The van der Waals surface area contributed by atoms with E-state index in [2.05, 4.69) is 4.98 Å². The van der Waals surface area contributed by atoms with Crippen molar-refractivity contribution in [2.24, 2.45) is 0 Å². The van der Waals surface area contributed by atoms with Crippen LogP contribution in [0.15, 0.2) is 24.3 Å². The molecule has 1 heterocycles. The predicted octanol–water partition coefficient (Wildman–Crippen LogP) is 3.96. The van der Waals surface area contributed by atoms with E-state index in [-0.39, 0.29) is 10.9 Å². The lowest BCUT2D eigenvalue weighted by atomic mass is 10.1. The number of alkyl halides is 3. The van der Waals surface area contributed by atoms with Crippen LogP contribution in [0.1, 0.15) is 18.2 Å². The quantitative estimate of drug-likeness (QED) is 0.691. The molecule has 5 heteroatoms. The van der Waals surface area contributed by atoms with Crippen molar-refractivity contribution in [3.63, 3.8) is 0 Å². The van der Waals surface area contributed by atoms with E-state index in [0.717, 1.165) is 18.2 Å². The molecule has 1 aromatic heterocycles. The summed E-state index contributed by atoms with van der Waals surface area (Å²) in [6.45, 7) is 1.72. The molecular formula is C12H9F4N. The molecule has 0 fully saturated rings. The molecule has 1 aromatic carbocycles. The van der Waals surface area contributed by atoms with Crippen LogP contribution in [-0.2, 0) is 12.6 Å². The van der Waals surface area contributed by atoms with Gasteiger partial charge in [0.25, 0.3) is 0 Å². The molecule has 0 unspecified atom stereocenters. The zero-order chi connectivity index (χ0) is 12.6. The van der Waals surface area contributed by atoms with Crippen molar-refractivity contribution in [3.8, 4) is 0 Å². The van der Waals surface area contributed by atoms with Gasteiger partial charge in [0.15, 0.2) is 0 Å². The summed E-state index contributed by atoms with van der Waals surface area (Å²) >= 11 is 0. The van der Waals surface area contributed by atoms with Crippen molar-refractivity contribution in [1.82, 2.24) is 4.98 Å². The Kier molecular flexibility index (Phi) is 2.77. The maximum Gasteiger partial charge on any atom is 0.417 e. The lowest BCUT2D eigenvalue weighted by Crippen LogP contribution is -2.08. The van der Waals surface area contributed by atoms with Crippen molar-refractivity contribution in [3.05, 3.63) is 41.3 Å². The molecule has 0 spiro atoms. The first-order chi connectivity index (χ1) is 7.91. The molecule has 0 aliphatic carbocycles. The number of hydrogen-bond acceptors (Lipinski definition) is 1. The normalized spacial score (nSPS) is 12.1. The predicted molar refractivity (Wildman–Crippen MR) is 56.1 cm³/mol. The number of aromatic nitrogens is 1. The number of fused-ring (bicyclic) bond motifs is 1. The van der Waals surface area contributed by atoms with Crippen molar-refractivity contribution in [2.45, 2.75) is 19.5 Å². The third-order valence-electron chi connectivity index (χ3n) is 2.49. The Balaban J connectivity index is 2.82. The van der Waals surface area contributed by atoms with Crippen molar-refractivity contribution < 1.29 is 17.6 Å². The monoisotopic (exact) mass is 243 g/mol. The molecule has 0 saturated heterocycles. The number of aryl methyl sites for hydroxylation is 1. The summed E-state index contributed by atoms with van der Waals surface area (Å²) in [5.41, 5.74) is -0.326. The van der Waals surface area contributed by atoms with Crippen LogP contribution >= 0.6 is 0 Å². The maximum absolute atomic E-state index is 13.0. The number of hydrogen-bond donors (Lipinski definition) is 0. The average Bonchev–Trinajstić information content (AvgIpc) is 2.26. The van der Waals surface area contributed by atoms with Crippen molar-refractivity contribution in [1.29, 1.82) is 0 Å². The van der Waals surface area contributed by atoms with E-state index in [1.807, 2.05) is 0 Å². The first-order valence-corrected chi connectivity index (χ1v) is 5.08. The molecule has 2 rings (SSSR count). The van der Waals surface area contributed by atoms with E-state index < -0.39 is 17.6 Å². The summed E-state index contributed by atoms with van der Waals surface area (Å²) in [4.78, 5) is 4.04.